The Hall–Kier alpha value is -1.20. The van der Waals surface area contributed by atoms with Gasteiger partial charge >= 0.3 is 0 Å². The molecule has 1 atom stereocenters. The maximum Gasteiger partial charge on any atom is 0.227 e. The highest BCUT2D eigenvalue weighted by molar-refractivity contribution is 7.12. The SMILES string of the molecule is CC(=O)c1cc(CC(=O)N2CC[C@@H](CN)C2)cs1. The molecule has 18 heavy (non-hydrogen) atoms. The van der Waals surface area contributed by atoms with Crippen LogP contribution in [0.5, 0.6) is 0 Å². The molecule has 5 heteroatoms. The Balaban J connectivity index is 1.93. The number of ketones is 1. The molecule has 1 saturated heterocycles. The fourth-order valence-electron chi connectivity index (χ4n) is 2.19. The van der Waals surface area contributed by atoms with Gasteiger partial charge in [-0.15, -0.1) is 11.3 Å². The van der Waals surface area contributed by atoms with Gasteiger partial charge < -0.3 is 10.6 Å². The number of amides is 1. The lowest BCUT2D eigenvalue weighted by Gasteiger charge is -2.15. The van der Waals surface area contributed by atoms with E-state index in [1.165, 1.54) is 11.3 Å². The summed E-state index contributed by atoms with van der Waals surface area (Å²) in [5, 5.41) is 1.89. The molecule has 1 amide bonds. The van der Waals surface area contributed by atoms with Crippen molar-refractivity contribution in [1.82, 2.24) is 4.90 Å². The average molecular weight is 266 g/mol. The van der Waals surface area contributed by atoms with Crippen LogP contribution in [-0.4, -0.2) is 36.2 Å². The maximum absolute atomic E-state index is 12.1. The number of nitrogens with zero attached hydrogens (tertiary/aromatic N) is 1. The minimum absolute atomic E-state index is 0.0584. The van der Waals surface area contributed by atoms with Crippen molar-refractivity contribution in [3.8, 4) is 0 Å². The second kappa shape index (κ2) is 5.63. The number of hydrogen-bond donors (Lipinski definition) is 1. The summed E-state index contributed by atoms with van der Waals surface area (Å²) in [6.07, 6.45) is 1.39. The van der Waals surface area contributed by atoms with Gasteiger partial charge in [0.15, 0.2) is 5.78 Å². The summed E-state index contributed by atoms with van der Waals surface area (Å²) in [7, 11) is 0. The molecule has 1 aromatic rings. The Kier molecular flexibility index (Phi) is 4.14. The van der Waals surface area contributed by atoms with Gasteiger partial charge in [0.25, 0.3) is 0 Å². The number of Topliss-reactive ketones (excluding diaryl/α,β-unsaturated/α-hetero) is 1. The molecule has 2 N–H and O–H groups in total. The van der Waals surface area contributed by atoms with Crippen molar-refractivity contribution in [3.05, 3.63) is 21.9 Å². The lowest BCUT2D eigenvalue weighted by atomic mass is 10.1. The van der Waals surface area contributed by atoms with Crippen molar-refractivity contribution in [3.63, 3.8) is 0 Å². The lowest BCUT2D eigenvalue weighted by Crippen LogP contribution is -2.31. The normalized spacial score (nSPS) is 19.2. The quantitative estimate of drug-likeness (QED) is 0.836. The number of likely N-dealkylation sites (tertiary alicyclic amines) is 1. The van der Waals surface area contributed by atoms with Crippen LogP contribution in [0.1, 0.15) is 28.6 Å². The van der Waals surface area contributed by atoms with Crippen LogP contribution < -0.4 is 5.73 Å². The van der Waals surface area contributed by atoms with E-state index < -0.39 is 0 Å². The topological polar surface area (TPSA) is 63.4 Å². The molecule has 2 rings (SSSR count). The Morgan fingerprint density at radius 3 is 2.89 bits per heavy atom. The molecule has 1 aromatic heterocycles. The third-order valence-corrected chi connectivity index (χ3v) is 4.41. The van der Waals surface area contributed by atoms with Crippen molar-refractivity contribution in [1.29, 1.82) is 0 Å². The van der Waals surface area contributed by atoms with Crippen molar-refractivity contribution >= 4 is 23.0 Å². The summed E-state index contributed by atoms with van der Waals surface area (Å²) in [6, 6.07) is 1.82. The number of thiophene rings is 1. The van der Waals surface area contributed by atoms with E-state index in [0.29, 0.717) is 18.9 Å². The first kappa shape index (κ1) is 13.2. The Labute approximate surface area is 111 Å². The zero-order chi connectivity index (χ0) is 13.1. The Morgan fingerprint density at radius 1 is 1.56 bits per heavy atom. The van der Waals surface area contributed by atoms with Crippen LogP contribution in [0.3, 0.4) is 0 Å². The Bertz CT molecular complexity index is 456. The van der Waals surface area contributed by atoms with Gasteiger partial charge in [0.05, 0.1) is 11.3 Å². The molecule has 4 nitrogen and oxygen atoms in total. The van der Waals surface area contributed by atoms with Crippen LogP contribution >= 0.6 is 11.3 Å². The molecule has 0 aliphatic carbocycles. The lowest BCUT2D eigenvalue weighted by molar-refractivity contribution is -0.129. The van der Waals surface area contributed by atoms with Crippen LogP contribution in [0, 0.1) is 5.92 Å². The summed E-state index contributed by atoms with van der Waals surface area (Å²) in [6.45, 7) is 3.78. The van der Waals surface area contributed by atoms with Gasteiger partial charge in [-0.25, -0.2) is 0 Å². The summed E-state index contributed by atoms with van der Waals surface area (Å²) in [5.74, 6) is 0.645. The first-order chi connectivity index (χ1) is 8.60. The largest absolute Gasteiger partial charge is 0.342 e. The molecule has 98 valence electrons. The van der Waals surface area contributed by atoms with Gasteiger partial charge in [-0.1, -0.05) is 0 Å². The molecule has 2 heterocycles. The minimum atomic E-state index is 0.0584. The minimum Gasteiger partial charge on any atom is -0.342 e. The molecule has 0 bridgehead atoms. The fourth-order valence-corrected chi connectivity index (χ4v) is 3.01. The van der Waals surface area contributed by atoms with E-state index in [9.17, 15) is 9.59 Å². The van der Waals surface area contributed by atoms with E-state index in [0.717, 1.165) is 30.0 Å². The first-order valence-electron chi connectivity index (χ1n) is 6.16. The zero-order valence-corrected chi connectivity index (χ0v) is 11.3. The molecule has 1 aliphatic heterocycles. The molecule has 0 aromatic carbocycles. The molecular weight excluding hydrogens is 248 g/mol. The number of carbonyl (C=O) groups excluding carboxylic acids is 2. The smallest absolute Gasteiger partial charge is 0.227 e. The molecule has 0 saturated carbocycles. The molecule has 1 fully saturated rings. The molecule has 0 spiro atoms. The highest BCUT2D eigenvalue weighted by Crippen LogP contribution is 2.19. The summed E-state index contributed by atoms with van der Waals surface area (Å²) in [5.41, 5.74) is 6.55. The average Bonchev–Trinajstić information content (AvgIpc) is 2.96. The van der Waals surface area contributed by atoms with E-state index in [2.05, 4.69) is 0 Å². The van der Waals surface area contributed by atoms with E-state index >= 15 is 0 Å². The molecule has 0 unspecified atom stereocenters. The first-order valence-corrected chi connectivity index (χ1v) is 7.04. The Morgan fingerprint density at radius 2 is 2.33 bits per heavy atom. The van der Waals surface area contributed by atoms with Crippen molar-refractivity contribution in [2.45, 2.75) is 19.8 Å². The third kappa shape index (κ3) is 2.97. The van der Waals surface area contributed by atoms with E-state index in [4.69, 9.17) is 5.73 Å². The summed E-state index contributed by atoms with van der Waals surface area (Å²) < 4.78 is 0. The maximum atomic E-state index is 12.1. The van der Waals surface area contributed by atoms with Crippen LogP contribution in [-0.2, 0) is 11.2 Å². The van der Waals surface area contributed by atoms with Gasteiger partial charge in [-0.3, -0.25) is 9.59 Å². The molecular formula is C13H18N2O2S. The predicted octanol–water partition coefficient (Wildman–Crippen LogP) is 1.30. The highest BCUT2D eigenvalue weighted by Gasteiger charge is 2.25. The number of carbonyl (C=O) groups is 2. The van der Waals surface area contributed by atoms with Crippen molar-refractivity contribution in [2.24, 2.45) is 11.7 Å². The van der Waals surface area contributed by atoms with Crippen LogP contribution in [0.25, 0.3) is 0 Å². The third-order valence-electron chi connectivity index (χ3n) is 3.33. The highest BCUT2D eigenvalue weighted by atomic mass is 32.1. The number of nitrogens with two attached hydrogens (primary N) is 1. The number of rotatable bonds is 4. The van der Waals surface area contributed by atoms with Gasteiger partial charge in [0.2, 0.25) is 5.91 Å². The van der Waals surface area contributed by atoms with E-state index in [1.54, 1.807) is 6.92 Å². The number of hydrogen-bond acceptors (Lipinski definition) is 4. The van der Waals surface area contributed by atoms with E-state index in [-0.39, 0.29) is 11.7 Å². The van der Waals surface area contributed by atoms with Crippen LogP contribution in [0.15, 0.2) is 11.4 Å². The van der Waals surface area contributed by atoms with E-state index in [1.807, 2.05) is 16.3 Å². The van der Waals surface area contributed by atoms with Gasteiger partial charge in [0, 0.05) is 13.1 Å². The summed E-state index contributed by atoms with van der Waals surface area (Å²) in [4.78, 5) is 25.8. The molecule has 1 aliphatic rings. The second-order valence-corrected chi connectivity index (χ2v) is 5.69. The van der Waals surface area contributed by atoms with Crippen LogP contribution in [0.4, 0.5) is 0 Å². The molecule has 0 radical (unpaired) electrons. The monoisotopic (exact) mass is 266 g/mol. The second-order valence-electron chi connectivity index (χ2n) is 4.78. The van der Waals surface area contributed by atoms with Crippen molar-refractivity contribution in [2.75, 3.05) is 19.6 Å². The fraction of sp³-hybridized carbons (Fsp3) is 0.538. The standard InChI is InChI=1S/C13H18N2O2S/c1-9(16)12-4-11(8-18-12)5-13(17)15-3-2-10(6-14)7-15/h4,8,10H,2-3,5-7,14H2,1H3/t10-/m0/s1. The van der Waals surface area contributed by atoms with Crippen molar-refractivity contribution < 1.29 is 9.59 Å². The van der Waals surface area contributed by atoms with Gasteiger partial charge in [-0.05, 0) is 42.8 Å². The van der Waals surface area contributed by atoms with Gasteiger partial charge in [0.1, 0.15) is 0 Å². The summed E-state index contributed by atoms with van der Waals surface area (Å²) >= 11 is 1.41. The zero-order valence-electron chi connectivity index (χ0n) is 10.5. The van der Waals surface area contributed by atoms with Gasteiger partial charge in [-0.2, -0.15) is 0 Å². The predicted molar refractivity (Wildman–Crippen MR) is 71.8 cm³/mol. The van der Waals surface area contributed by atoms with Crippen LogP contribution in [0.2, 0.25) is 0 Å².